The molecule has 3 aliphatic rings. The van der Waals surface area contributed by atoms with E-state index in [0.29, 0.717) is 43.4 Å². The van der Waals surface area contributed by atoms with Gasteiger partial charge in [0.2, 0.25) is 9.70 Å². The summed E-state index contributed by atoms with van der Waals surface area (Å²) in [6.07, 6.45) is 4.99. The highest BCUT2D eigenvalue weighted by molar-refractivity contribution is 6.67. The maximum Gasteiger partial charge on any atom is 0.408 e. The topological polar surface area (TPSA) is 172 Å². The van der Waals surface area contributed by atoms with Crippen molar-refractivity contribution in [1.82, 2.24) is 20.5 Å². The van der Waals surface area contributed by atoms with Crippen LogP contribution in [0.15, 0.2) is 36.4 Å². The Morgan fingerprint density at radius 1 is 1.00 bits per heavy atom. The third-order valence-corrected chi connectivity index (χ3v) is 10.4. The minimum Gasteiger partial charge on any atom is -0.461 e. The zero-order valence-corrected chi connectivity index (χ0v) is 35.1. The molecule has 2 aliphatic heterocycles. The van der Waals surface area contributed by atoms with Gasteiger partial charge >= 0.3 is 18.0 Å². The van der Waals surface area contributed by atoms with Gasteiger partial charge in [0.05, 0.1) is 36.4 Å². The van der Waals surface area contributed by atoms with Gasteiger partial charge in [-0.15, -0.1) is 0 Å². The maximum absolute atomic E-state index is 14.1. The highest BCUT2D eigenvalue weighted by Gasteiger charge is 2.45. The number of aromatic nitrogens is 1. The van der Waals surface area contributed by atoms with Gasteiger partial charge in [-0.2, -0.15) is 0 Å². The Morgan fingerprint density at radius 2 is 1.70 bits per heavy atom. The number of carbonyl (C=O) groups excluding carboxylic acids is 5. The molecule has 57 heavy (non-hydrogen) atoms. The summed E-state index contributed by atoms with van der Waals surface area (Å²) in [7, 11) is 0. The molecular weight excluding hydrogens is 803 g/mol. The summed E-state index contributed by atoms with van der Waals surface area (Å²) < 4.78 is 26.0. The second-order valence-corrected chi connectivity index (χ2v) is 18.5. The number of nitrogens with zero attached hydrogens (tertiary/aromatic N) is 2. The number of amides is 3. The van der Waals surface area contributed by atoms with Crippen LogP contribution in [-0.4, -0.2) is 101 Å². The first-order chi connectivity index (χ1) is 26.8. The van der Waals surface area contributed by atoms with Gasteiger partial charge in [0.25, 0.3) is 5.91 Å². The molecule has 14 nitrogen and oxygen atoms in total. The predicted molar refractivity (Wildman–Crippen MR) is 213 cm³/mol. The molecule has 1 aliphatic carbocycles. The third kappa shape index (κ3) is 12.4. The smallest absolute Gasteiger partial charge is 0.408 e. The average Bonchev–Trinajstić information content (AvgIpc) is 3.13. The molecule has 4 atom stereocenters. The van der Waals surface area contributed by atoms with E-state index in [1.807, 2.05) is 37.3 Å². The number of fused-ring (bicyclic) bond motifs is 1. The van der Waals surface area contributed by atoms with Crippen molar-refractivity contribution in [1.29, 1.82) is 0 Å². The van der Waals surface area contributed by atoms with Crippen LogP contribution in [0.1, 0.15) is 84.0 Å². The highest BCUT2D eigenvalue weighted by atomic mass is 35.6. The number of hydrogen-bond donors (Lipinski definition) is 2. The Bertz CT molecular complexity index is 1820. The lowest BCUT2D eigenvalue weighted by Crippen LogP contribution is -2.55. The molecule has 0 radical (unpaired) electrons. The first kappa shape index (κ1) is 44.4. The van der Waals surface area contributed by atoms with Gasteiger partial charge in [-0.25, -0.2) is 4.79 Å². The standard InChI is InChI=1S/C40H51Cl3N4O10/c1-24(45-37(52)57-38(3,4)5)30-14-13-27-12-11-26(18-31(27)46-30)15-16-39(20-53-23-54-21-39)36(51)56-32(28-8-6-9-28)33(48)44-25(2)34(49)47-17-7-10-29(19-47)35(50)55-22-40(41,42)43/h11-16,18,24-25,28-29,32H,6-10,17,19-23H2,1-5H3,(H,44,48)(H,45,52)/b16-15+/t24-,25+,29-,32?/m1/s1. The summed E-state index contributed by atoms with van der Waals surface area (Å²) in [6.45, 7) is 8.73. The lowest BCUT2D eigenvalue weighted by Gasteiger charge is -2.37. The van der Waals surface area contributed by atoms with E-state index in [-0.39, 0.29) is 38.4 Å². The van der Waals surface area contributed by atoms with Crippen molar-refractivity contribution >= 4 is 81.6 Å². The maximum atomic E-state index is 14.1. The van der Waals surface area contributed by atoms with Crippen molar-refractivity contribution in [2.75, 3.05) is 39.7 Å². The SMILES string of the molecule is C[C@H](NC(=O)C(OC(=O)C1(/C=C/c2ccc3ccc([C@@H](C)NC(=O)OC(C)(C)C)nc3c2)COCOC1)C1CCC1)C(=O)N1CCC[C@@H](C(=O)OCC(Cl)(Cl)Cl)C1. The number of hydrogen-bond acceptors (Lipinski definition) is 11. The molecule has 2 saturated heterocycles. The van der Waals surface area contributed by atoms with Crippen LogP contribution >= 0.6 is 34.8 Å². The molecule has 1 aromatic heterocycles. The number of benzene rings is 1. The number of alkyl carbamates (subject to hydrolysis) is 1. The predicted octanol–water partition coefficient (Wildman–Crippen LogP) is 6.19. The van der Waals surface area contributed by atoms with Crippen LogP contribution in [-0.2, 0) is 42.9 Å². The molecule has 17 heteroatoms. The van der Waals surface area contributed by atoms with Gasteiger partial charge in [0, 0.05) is 24.4 Å². The summed E-state index contributed by atoms with van der Waals surface area (Å²) in [6, 6.07) is 8.00. The fourth-order valence-electron chi connectivity index (χ4n) is 6.75. The largest absolute Gasteiger partial charge is 0.461 e. The Hall–Kier alpha value is -3.69. The zero-order chi connectivity index (χ0) is 41.5. The van der Waals surface area contributed by atoms with Crippen LogP contribution in [0.5, 0.6) is 0 Å². The number of carbonyl (C=O) groups is 5. The van der Waals surface area contributed by atoms with E-state index in [1.165, 1.54) is 4.90 Å². The number of pyridine rings is 1. The lowest BCUT2D eigenvalue weighted by atomic mass is 9.80. The first-order valence-corrected chi connectivity index (χ1v) is 20.2. The summed E-state index contributed by atoms with van der Waals surface area (Å²) in [5.41, 5.74) is 0.0336. The second kappa shape index (κ2) is 18.9. The van der Waals surface area contributed by atoms with E-state index in [2.05, 4.69) is 10.6 Å². The van der Waals surface area contributed by atoms with E-state index in [4.69, 9.17) is 63.5 Å². The highest BCUT2D eigenvalue weighted by Crippen LogP contribution is 2.35. The molecule has 3 heterocycles. The van der Waals surface area contributed by atoms with Crippen molar-refractivity contribution in [3.8, 4) is 0 Å². The van der Waals surface area contributed by atoms with Gasteiger partial charge < -0.3 is 39.2 Å². The summed E-state index contributed by atoms with van der Waals surface area (Å²) in [4.78, 5) is 72.5. The van der Waals surface area contributed by atoms with Gasteiger partial charge in [-0.1, -0.05) is 71.6 Å². The second-order valence-electron chi connectivity index (χ2n) is 16.0. The molecule has 5 rings (SSSR count). The molecule has 2 N–H and O–H groups in total. The van der Waals surface area contributed by atoms with Crippen molar-refractivity contribution in [3.63, 3.8) is 0 Å². The quantitative estimate of drug-likeness (QED) is 0.142. The molecule has 312 valence electrons. The number of halogens is 3. The molecule has 0 spiro atoms. The number of esters is 2. The van der Waals surface area contributed by atoms with Crippen LogP contribution in [0.2, 0.25) is 0 Å². The monoisotopic (exact) mass is 852 g/mol. The number of nitrogens with one attached hydrogen (secondary N) is 2. The lowest BCUT2D eigenvalue weighted by molar-refractivity contribution is -0.194. The average molecular weight is 854 g/mol. The zero-order valence-electron chi connectivity index (χ0n) is 32.8. The number of rotatable bonds is 12. The van der Waals surface area contributed by atoms with Gasteiger partial charge in [-0.3, -0.25) is 24.2 Å². The molecule has 3 fully saturated rings. The number of piperidine rings is 1. The number of ether oxygens (including phenoxy) is 5. The van der Waals surface area contributed by atoms with E-state index in [0.717, 1.165) is 17.4 Å². The van der Waals surface area contributed by atoms with Gasteiger partial charge in [0.15, 0.2) is 6.10 Å². The fourth-order valence-corrected chi connectivity index (χ4v) is 6.91. The van der Waals surface area contributed by atoms with Crippen LogP contribution < -0.4 is 10.6 Å². The summed E-state index contributed by atoms with van der Waals surface area (Å²) >= 11 is 17.1. The Morgan fingerprint density at radius 3 is 2.35 bits per heavy atom. The van der Waals surface area contributed by atoms with E-state index in [9.17, 15) is 24.0 Å². The van der Waals surface area contributed by atoms with E-state index in [1.54, 1.807) is 39.8 Å². The molecule has 3 amide bonds. The molecule has 1 aromatic carbocycles. The summed E-state index contributed by atoms with van der Waals surface area (Å²) in [5.74, 6) is -3.08. The van der Waals surface area contributed by atoms with Crippen molar-refractivity contribution in [2.24, 2.45) is 17.3 Å². The Labute approximate surface area is 347 Å². The van der Waals surface area contributed by atoms with Crippen molar-refractivity contribution < 1.29 is 47.7 Å². The van der Waals surface area contributed by atoms with Gasteiger partial charge in [-0.05, 0) is 78.0 Å². The van der Waals surface area contributed by atoms with E-state index < -0.39 is 69.5 Å². The van der Waals surface area contributed by atoms with Crippen molar-refractivity contribution in [3.05, 3.63) is 47.7 Å². The molecule has 2 aromatic rings. The minimum absolute atomic E-state index is 0.00475. The minimum atomic E-state index is -1.75. The van der Waals surface area contributed by atoms with Crippen LogP contribution in [0.25, 0.3) is 17.0 Å². The van der Waals surface area contributed by atoms with Crippen LogP contribution in [0.3, 0.4) is 0 Å². The number of alkyl halides is 3. The normalized spacial score (nSPS) is 20.5. The first-order valence-electron chi connectivity index (χ1n) is 19.1. The van der Waals surface area contributed by atoms with E-state index >= 15 is 0 Å². The van der Waals surface area contributed by atoms with Crippen molar-refractivity contribution in [2.45, 2.75) is 94.3 Å². The molecule has 1 saturated carbocycles. The molecule has 0 bridgehead atoms. The Balaban J connectivity index is 1.25. The Kier molecular flexibility index (Phi) is 14.7. The van der Waals surface area contributed by atoms with Gasteiger partial charge in [0.1, 0.15) is 30.5 Å². The fraction of sp³-hybridized carbons (Fsp3) is 0.600. The molecular formula is C40H51Cl3N4O10. The van der Waals surface area contributed by atoms with Crippen LogP contribution in [0.4, 0.5) is 4.79 Å². The van der Waals surface area contributed by atoms with Crippen LogP contribution in [0, 0.1) is 17.3 Å². The number of likely N-dealkylation sites (tertiary alicyclic amines) is 1. The summed E-state index contributed by atoms with van der Waals surface area (Å²) in [5, 5.41) is 6.44. The third-order valence-electron chi connectivity index (χ3n) is 10.0. The molecule has 1 unspecified atom stereocenters.